The minimum absolute atomic E-state index is 0.139. The summed E-state index contributed by atoms with van der Waals surface area (Å²) in [7, 11) is 0. The van der Waals surface area contributed by atoms with E-state index < -0.39 is 0 Å². The van der Waals surface area contributed by atoms with Crippen LogP contribution in [0.1, 0.15) is 17.3 Å². The predicted molar refractivity (Wildman–Crippen MR) is 84.6 cm³/mol. The van der Waals surface area contributed by atoms with Crippen LogP contribution in [0.25, 0.3) is 0 Å². The molecule has 0 saturated carbocycles. The first-order valence-corrected chi connectivity index (χ1v) is 7.60. The van der Waals surface area contributed by atoms with E-state index in [1.807, 2.05) is 37.4 Å². The van der Waals surface area contributed by atoms with Gasteiger partial charge in [-0.3, -0.25) is 9.78 Å². The third-order valence-corrected chi connectivity index (χ3v) is 3.52. The van der Waals surface area contributed by atoms with E-state index in [-0.39, 0.29) is 5.91 Å². The number of hydrogen-bond acceptors (Lipinski definition) is 4. The van der Waals surface area contributed by atoms with Gasteiger partial charge in [0.2, 0.25) is 0 Å². The van der Waals surface area contributed by atoms with Crippen molar-refractivity contribution in [3.05, 3.63) is 48.3 Å². The van der Waals surface area contributed by atoms with E-state index >= 15 is 0 Å². The molecule has 0 unspecified atom stereocenters. The molecule has 4 nitrogen and oxygen atoms in total. The van der Waals surface area contributed by atoms with E-state index in [4.69, 9.17) is 0 Å². The van der Waals surface area contributed by atoms with Gasteiger partial charge in [0.15, 0.2) is 0 Å². The summed E-state index contributed by atoms with van der Waals surface area (Å²) in [6.07, 6.45) is 5.30. The van der Waals surface area contributed by atoms with Gasteiger partial charge in [-0.25, -0.2) is 0 Å². The van der Waals surface area contributed by atoms with Crippen LogP contribution in [0.2, 0.25) is 0 Å². The molecule has 1 aromatic carbocycles. The summed E-state index contributed by atoms with van der Waals surface area (Å²) in [5, 5.41) is 6.03. The van der Waals surface area contributed by atoms with Crippen molar-refractivity contribution in [3.8, 4) is 0 Å². The Morgan fingerprint density at radius 1 is 1.25 bits per heavy atom. The average molecular weight is 287 g/mol. The highest BCUT2D eigenvalue weighted by Crippen LogP contribution is 2.19. The SMILES string of the molecule is CCNc1cnccc1C(=O)Nc1ccc(SC)cc1. The molecule has 2 N–H and O–H groups in total. The zero-order valence-corrected chi connectivity index (χ0v) is 12.3. The summed E-state index contributed by atoms with van der Waals surface area (Å²) in [6.45, 7) is 2.73. The van der Waals surface area contributed by atoms with Crippen LogP contribution in [0, 0.1) is 0 Å². The van der Waals surface area contributed by atoms with Crippen molar-refractivity contribution in [1.82, 2.24) is 4.98 Å². The van der Waals surface area contributed by atoms with Gasteiger partial charge in [0.05, 0.1) is 17.4 Å². The molecule has 0 fully saturated rings. The molecule has 1 amide bonds. The smallest absolute Gasteiger partial charge is 0.257 e. The lowest BCUT2D eigenvalue weighted by atomic mass is 10.2. The molecule has 0 bridgehead atoms. The fraction of sp³-hybridized carbons (Fsp3) is 0.200. The molecule has 0 saturated heterocycles. The number of aromatic nitrogens is 1. The van der Waals surface area contributed by atoms with Gasteiger partial charge in [-0.15, -0.1) is 11.8 Å². The summed E-state index contributed by atoms with van der Waals surface area (Å²) in [5.41, 5.74) is 2.12. The van der Waals surface area contributed by atoms with E-state index in [1.54, 1.807) is 30.2 Å². The van der Waals surface area contributed by atoms with Crippen molar-refractivity contribution in [2.24, 2.45) is 0 Å². The Balaban J connectivity index is 2.15. The van der Waals surface area contributed by atoms with Crippen LogP contribution in [0.15, 0.2) is 47.6 Å². The third kappa shape index (κ3) is 3.51. The number of amides is 1. The van der Waals surface area contributed by atoms with Crippen molar-refractivity contribution in [2.45, 2.75) is 11.8 Å². The van der Waals surface area contributed by atoms with E-state index in [2.05, 4.69) is 15.6 Å². The van der Waals surface area contributed by atoms with E-state index in [0.717, 1.165) is 17.9 Å². The third-order valence-electron chi connectivity index (χ3n) is 2.78. The number of benzene rings is 1. The zero-order valence-electron chi connectivity index (χ0n) is 11.5. The summed E-state index contributed by atoms with van der Waals surface area (Å²) < 4.78 is 0. The number of carbonyl (C=O) groups is 1. The van der Waals surface area contributed by atoms with Gasteiger partial charge < -0.3 is 10.6 Å². The van der Waals surface area contributed by atoms with Crippen LogP contribution in [-0.4, -0.2) is 23.7 Å². The molecule has 0 atom stereocenters. The molecule has 0 aliphatic rings. The Hall–Kier alpha value is -2.01. The quantitative estimate of drug-likeness (QED) is 0.827. The van der Waals surface area contributed by atoms with Crippen LogP contribution >= 0.6 is 11.8 Å². The molecular weight excluding hydrogens is 270 g/mol. The largest absolute Gasteiger partial charge is 0.383 e. The lowest BCUT2D eigenvalue weighted by molar-refractivity contribution is 0.102. The number of nitrogens with zero attached hydrogens (tertiary/aromatic N) is 1. The van der Waals surface area contributed by atoms with Crippen LogP contribution < -0.4 is 10.6 Å². The van der Waals surface area contributed by atoms with Crippen LogP contribution in [-0.2, 0) is 0 Å². The Kier molecular flexibility index (Phi) is 5.01. The van der Waals surface area contributed by atoms with Gasteiger partial charge in [0.25, 0.3) is 5.91 Å². The van der Waals surface area contributed by atoms with Crippen molar-refractivity contribution in [2.75, 3.05) is 23.4 Å². The lowest BCUT2D eigenvalue weighted by Gasteiger charge is -2.10. The molecule has 1 heterocycles. The molecule has 20 heavy (non-hydrogen) atoms. The second kappa shape index (κ2) is 6.96. The molecule has 2 aromatic rings. The number of thioether (sulfide) groups is 1. The molecule has 2 rings (SSSR count). The molecule has 0 spiro atoms. The molecule has 0 aliphatic heterocycles. The fourth-order valence-electron chi connectivity index (χ4n) is 1.80. The fourth-order valence-corrected chi connectivity index (χ4v) is 2.20. The summed E-state index contributed by atoms with van der Waals surface area (Å²) >= 11 is 1.67. The highest BCUT2D eigenvalue weighted by atomic mass is 32.2. The number of carbonyl (C=O) groups excluding carboxylic acids is 1. The van der Waals surface area contributed by atoms with Crippen molar-refractivity contribution < 1.29 is 4.79 Å². The van der Waals surface area contributed by atoms with Gasteiger partial charge in [-0.2, -0.15) is 0 Å². The highest BCUT2D eigenvalue weighted by Gasteiger charge is 2.11. The first-order valence-electron chi connectivity index (χ1n) is 6.38. The molecule has 5 heteroatoms. The molecule has 0 aliphatic carbocycles. The monoisotopic (exact) mass is 287 g/mol. The standard InChI is InChI=1S/C15H17N3OS/c1-3-17-14-10-16-9-8-13(14)15(19)18-11-4-6-12(20-2)7-5-11/h4-10,17H,3H2,1-2H3,(H,18,19). The second-order valence-electron chi connectivity index (χ2n) is 4.13. The predicted octanol–water partition coefficient (Wildman–Crippen LogP) is 3.49. The van der Waals surface area contributed by atoms with Crippen molar-refractivity contribution >= 4 is 29.0 Å². The van der Waals surface area contributed by atoms with Gasteiger partial charge in [-0.05, 0) is 43.5 Å². The topological polar surface area (TPSA) is 54.0 Å². The summed E-state index contributed by atoms with van der Waals surface area (Å²) in [4.78, 5) is 17.5. The number of nitrogens with one attached hydrogen (secondary N) is 2. The first-order chi connectivity index (χ1) is 9.74. The number of hydrogen-bond donors (Lipinski definition) is 2. The Morgan fingerprint density at radius 2 is 2.00 bits per heavy atom. The van der Waals surface area contributed by atoms with Gasteiger partial charge >= 0.3 is 0 Å². The zero-order chi connectivity index (χ0) is 14.4. The van der Waals surface area contributed by atoms with E-state index in [0.29, 0.717) is 5.56 Å². The summed E-state index contributed by atoms with van der Waals surface area (Å²) in [5.74, 6) is -0.139. The number of rotatable bonds is 5. The van der Waals surface area contributed by atoms with Crippen molar-refractivity contribution in [3.63, 3.8) is 0 Å². The number of anilines is 2. The number of pyridine rings is 1. The Labute approximate surface area is 123 Å². The summed E-state index contributed by atoms with van der Waals surface area (Å²) in [6, 6.07) is 9.48. The van der Waals surface area contributed by atoms with Crippen molar-refractivity contribution in [1.29, 1.82) is 0 Å². The lowest BCUT2D eigenvalue weighted by Crippen LogP contribution is -2.15. The van der Waals surface area contributed by atoms with E-state index in [1.165, 1.54) is 4.90 Å². The van der Waals surface area contributed by atoms with Gasteiger partial charge in [0.1, 0.15) is 0 Å². The molecule has 0 radical (unpaired) electrons. The maximum atomic E-state index is 12.3. The van der Waals surface area contributed by atoms with Gasteiger partial charge in [-0.1, -0.05) is 0 Å². The van der Waals surface area contributed by atoms with Gasteiger partial charge in [0, 0.05) is 23.3 Å². The molecular formula is C15H17N3OS. The minimum atomic E-state index is -0.139. The Bertz CT molecular complexity index is 584. The molecule has 1 aromatic heterocycles. The Morgan fingerprint density at radius 3 is 2.65 bits per heavy atom. The van der Waals surface area contributed by atoms with E-state index in [9.17, 15) is 4.79 Å². The normalized spacial score (nSPS) is 10.1. The van der Waals surface area contributed by atoms with Crippen LogP contribution in [0.5, 0.6) is 0 Å². The minimum Gasteiger partial charge on any atom is -0.383 e. The first kappa shape index (κ1) is 14.4. The maximum absolute atomic E-state index is 12.3. The average Bonchev–Trinajstić information content (AvgIpc) is 2.49. The van der Waals surface area contributed by atoms with Crippen LogP contribution in [0.4, 0.5) is 11.4 Å². The second-order valence-corrected chi connectivity index (χ2v) is 5.01. The van der Waals surface area contributed by atoms with Crippen LogP contribution in [0.3, 0.4) is 0 Å². The highest BCUT2D eigenvalue weighted by molar-refractivity contribution is 7.98. The molecule has 104 valence electrons. The maximum Gasteiger partial charge on any atom is 0.257 e.